The molecule has 0 fully saturated rings. The summed E-state index contributed by atoms with van der Waals surface area (Å²) in [6, 6.07) is 0. The van der Waals surface area contributed by atoms with E-state index in [1.54, 1.807) is 13.8 Å². The van der Waals surface area contributed by atoms with Gasteiger partial charge in [0.05, 0.1) is 51.3 Å². The predicted molar refractivity (Wildman–Crippen MR) is 109 cm³/mol. The number of esters is 2. The van der Waals surface area contributed by atoms with Crippen molar-refractivity contribution in [3.05, 3.63) is 11.9 Å². The Morgan fingerprint density at radius 2 is 1.63 bits per heavy atom. The molecule has 0 aromatic carbocycles. The number of hydrogen-bond acceptors (Lipinski definition) is 10. The first-order chi connectivity index (χ1) is 14.4. The largest absolute Gasteiger partial charge is 0.463 e. The number of unbranched alkanes of at least 4 members (excludes halogenated alkanes) is 1. The van der Waals surface area contributed by atoms with Crippen molar-refractivity contribution in [2.75, 3.05) is 39.6 Å². The molecule has 0 spiro atoms. The highest BCUT2D eigenvalue weighted by Gasteiger charge is 2.12. The van der Waals surface area contributed by atoms with Crippen molar-refractivity contribution >= 4 is 11.9 Å². The summed E-state index contributed by atoms with van der Waals surface area (Å²) >= 11 is 0. The molecule has 0 saturated carbocycles. The third-order valence-electron chi connectivity index (χ3n) is 3.82. The first-order valence-corrected chi connectivity index (χ1v) is 10.5. The van der Waals surface area contributed by atoms with Gasteiger partial charge in [-0.05, 0) is 33.1 Å². The Bertz CT molecular complexity index is 527. The number of hydrazine groups is 2. The zero-order chi connectivity index (χ0) is 22.2. The van der Waals surface area contributed by atoms with Gasteiger partial charge in [-0.1, -0.05) is 13.8 Å². The number of hydroxylamine groups is 1. The smallest absolute Gasteiger partial charge is 0.308 e. The normalized spacial score (nSPS) is 13.5. The Labute approximate surface area is 179 Å². The molecule has 1 aliphatic heterocycles. The van der Waals surface area contributed by atoms with Crippen molar-refractivity contribution in [2.45, 2.75) is 59.5 Å². The molecule has 30 heavy (non-hydrogen) atoms. The first-order valence-electron chi connectivity index (χ1n) is 10.5. The predicted octanol–water partition coefficient (Wildman–Crippen LogP) is 1.83. The van der Waals surface area contributed by atoms with Gasteiger partial charge >= 0.3 is 11.9 Å². The zero-order valence-electron chi connectivity index (χ0n) is 18.6. The van der Waals surface area contributed by atoms with E-state index in [9.17, 15) is 9.59 Å². The molecule has 0 unspecified atom stereocenters. The summed E-state index contributed by atoms with van der Waals surface area (Å²) < 4.78 is 20.8. The van der Waals surface area contributed by atoms with Crippen molar-refractivity contribution in [1.82, 2.24) is 16.1 Å². The van der Waals surface area contributed by atoms with Gasteiger partial charge in [0, 0.05) is 12.1 Å². The Balaban J connectivity index is 1.93. The van der Waals surface area contributed by atoms with Crippen LogP contribution in [0.1, 0.15) is 53.4 Å². The van der Waals surface area contributed by atoms with Gasteiger partial charge in [0.15, 0.2) is 0 Å². The van der Waals surface area contributed by atoms with Crippen LogP contribution in [0.5, 0.6) is 0 Å². The summed E-state index contributed by atoms with van der Waals surface area (Å²) in [6.07, 6.45) is 4.66. The van der Waals surface area contributed by atoms with Crippen LogP contribution in [0.4, 0.5) is 0 Å². The number of allylic oxidation sites excluding steroid dienone is 1. The Morgan fingerprint density at radius 1 is 0.967 bits per heavy atom. The molecule has 10 heteroatoms. The first kappa shape index (κ1) is 26.2. The number of rotatable bonds is 17. The SMILES string of the molecule is CC(C)OC(=O)CCCCC1=CN(OCCOCCOCCOC(=O)C(C)C)NN1. The summed E-state index contributed by atoms with van der Waals surface area (Å²) in [7, 11) is 0. The van der Waals surface area contributed by atoms with Crippen LogP contribution in [0.15, 0.2) is 11.9 Å². The fourth-order valence-corrected chi connectivity index (χ4v) is 2.32. The van der Waals surface area contributed by atoms with Crippen molar-refractivity contribution in [3.8, 4) is 0 Å². The second kappa shape index (κ2) is 15.9. The molecule has 174 valence electrons. The number of carbonyl (C=O) groups excluding carboxylic acids is 2. The van der Waals surface area contributed by atoms with E-state index in [0.717, 1.165) is 25.0 Å². The highest BCUT2D eigenvalue weighted by Crippen LogP contribution is 2.11. The number of nitrogens with one attached hydrogen (secondary N) is 2. The van der Waals surface area contributed by atoms with Gasteiger partial charge in [0.2, 0.25) is 0 Å². The van der Waals surface area contributed by atoms with Gasteiger partial charge in [-0.2, -0.15) is 5.17 Å². The molecule has 1 rings (SSSR count). The van der Waals surface area contributed by atoms with Crippen LogP contribution in [0.2, 0.25) is 0 Å². The van der Waals surface area contributed by atoms with Gasteiger partial charge in [-0.3, -0.25) is 14.4 Å². The van der Waals surface area contributed by atoms with Crippen molar-refractivity contribution in [2.24, 2.45) is 5.92 Å². The van der Waals surface area contributed by atoms with E-state index >= 15 is 0 Å². The maximum Gasteiger partial charge on any atom is 0.308 e. The van der Waals surface area contributed by atoms with E-state index in [1.165, 1.54) is 5.17 Å². The second-order valence-electron chi connectivity index (χ2n) is 7.34. The molecule has 0 aliphatic carbocycles. The Hall–Kier alpha value is -1.88. The lowest BCUT2D eigenvalue weighted by molar-refractivity contribution is -0.167. The topological polar surface area (TPSA) is 108 Å². The second-order valence-corrected chi connectivity index (χ2v) is 7.34. The van der Waals surface area contributed by atoms with Crippen LogP contribution >= 0.6 is 0 Å². The van der Waals surface area contributed by atoms with Gasteiger partial charge < -0.3 is 24.4 Å². The Morgan fingerprint density at radius 3 is 2.30 bits per heavy atom. The van der Waals surface area contributed by atoms with E-state index in [4.69, 9.17) is 23.8 Å². The fraction of sp³-hybridized carbons (Fsp3) is 0.800. The molecule has 0 aromatic rings. The highest BCUT2D eigenvalue weighted by molar-refractivity contribution is 5.71. The minimum absolute atomic E-state index is 0.0655. The lowest BCUT2D eigenvalue weighted by atomic mass is 10.1. The minimum Gasteiger partial charge on any atom is -0.463 e. The summed E-state index contributed by atoms with van der Waals surface area (Å²) in [5.74, 6) is -0.498. The molecule has 0 amide bonds. The van der Waals surface area contributed by atoms with Crippen LogP contribution in [0.25, 0.3) is 0 Å². The van der Waals surface area contributed by atoms with Crippen LogP contribution in [-0.4, -0.2) is 62.9 Å². The van der Waals surface area contributed by atoms with Crippen LogP contribution in [-0.2, 0) is 33.4 Å². The molecule has 0 atom stereocenters. The van der Waals surface area contributed by atoms with Crippen molar-refractivity contribution in [1.29, 1.82) is 0 Å². The zero-order valence-corrected chi connectivity index (χ0v) is 18.6. The van der Waals surface area contributed by atoms with Crippen LogP contribution < -0.4 is 11.0 Å². The van der Waals surface area contributed by atoms with Gasteiger partial charge in [-0.15, -0.1) is 5.53 Å². The third kappa shape index (κ3) is 13.4. The standard InChI is InChI=1S/C20H37N3O7/c1-16(2)20(25)28-13-11-26-9-10-27-12-14-29-23-15-18(21-22-23)7-5-6-8-19(24)30-17(3)4/h15-17,21-22H,5-14H2,1-4H3. The monoisotopic (exact) mass is 431 g/mol. The average molecular weight is 432 g/mol. The van der Waals surface area contributed by atoms with Gasteiger partial charge in [-0.25, -0.2) is 0 Å². The van der Waals surface area contributed by atoms with E-state index in [2.05, 4.69) is 11.0 Å². The molecular weight excluding hydrogens is 394 g/mol. The molecular formula is C20H37N3O7. The Kier molecular flexibility index (Phi) is 13.9. The number of ether oxygens (including phenoxy) is 4. The highest BCUT2D eigenvalue weighted by atomic mass is 16.7. The number of carbonyl (C=O) groups is 2. The molecule has 2 N–H and O–H groups in total. The van der Waals surface area contributed by atoms with E-state index in [-0.39, 0.29) is 30.6 Å². The van der Waals surface area contributed by atoms with E-state index in [1.807, 2.05) is 20.0 Å². The maximum atomic E-state index is 11.5. The van der Waals surface area contributed by atoms with Gasteiger partial charge in [0.1, 0.15) is 6.61 Å². The average Bonchev–Trinajstić information content (AvgIpc) is 3.13. The third-order valence-corrected chi connectivity index (χ3v) is 3.82. The summed E-state index contributed by atoms with van der Waals surface area (Å²) in [5.41, 5.74) is 6.89. The maximum absolute atomic E-state index is 11.5. The summed E-state index contributed by atoms with van der Waals surface area (Å²) in [4.78, 5) is 28.2. The quantitative estimate of drug-likeness (QED) is 0.262. The summed E-state index contributed by atoms with van der Waals surface area (Å²) in [6.45, 7) is 9.55. The number of nitrogens with zero attached hydrogens (tertiary/aromatic N) is 1. The summed E-state index contributed by atoms with van der Waals surface area (Å²) in [5, 5.41) is 1.49. The molecule has 1 heterocycles. The van der Waals surface area contributed by atoms with Crippen molar-refractivity contribution < 1.29 is 33.4 Å². The minimum atomic E-state index is -0.222. The molecule has 0 radical (unpaired) electrons. The molecule has 1 aliphatic rings. The molecule has 0 aromatic heterocycles. The van der Waals surface area contributed by atoms with E-state index in [0.29, 0.717) is 39.5 Å². The van der Waals surface area contributed by atoms with E-state index < -0.39 is 0 Å². The lowest BCUT2D eigenvalue weighted by Crippen LogP contribution is -2.37. The molecule has 0 saturated heterocycles. The van der Waals surface area contributed by atoms with Crippen LogP contribution in [0, 0.1) is 5.92 Å². The van der Waals surface area contributed by atoms with Gasteiger partial charge in [0.25, 0.3) is 0 Å². The van der Waals surface area contributed by atoms with Crippen LogP contribution in [0.3, 0.4) is 0 Å². The lowest BCUT2D eigenvalue weighted by Gasteiger charge is -2.14. The fourth-order valence-electron chi connectivity index (χ4n) is 2.32. The molecule has 0 bridgehead atoms. The number of hydrogen-bond donors (Lipinski definition) is 2. The van der Waals surface area contributed by atoms with Crippen molar-refractivity contribution in [3.63, 3.8) is 0 Å². The molecule has 10 nitrogen and oxygen atoms in total.